The van der Waals surface area contributed by atoms with Gasteiger partial charge in [0.2, 0.25) is 5.95 Å². The third kappa shape index (κ3) is 1.43. The number of nitrogens with one attached hydrogen (secondary N) is 1. The summed E-state index contributed by atoms with van der Waals surface area (Å²) in [6, 6.07) is -0.0179. The summed E-state index contributed by atoms with van der Waals surface area (Å²) in [7, 11) is 0. The van der Waals surface area contributed by atoms with Crippen LogP contribution < -0.4 is 11.5 Å². The van der Waals surface area contributed by atoms with Crippen molar-refractivity contribution >= 4 is 5.95 Å². The lowest BCUT2D eigenvalue weighted by Crippen LogP contribution is -2.51. The van der Waals surface area contributed by atoms with Crippen LogP contribution in [0.1, 0.15) is 50.4 Å². The average molecular weight is 247 g/mol. The van der Waals surface area contributed by atoms with Crippen LogP contribution in [0.5, 0.6) is 0 Å². The van der Waals surface area contributed by atoms with Crippen molar-refractivity contribution in [1.29, 1.82) is 0 Å². The summed E-state index contributed by atoms with van der Waals surface area (Å²) < 4.78 is 0. The van der Waals surface area contributed by atoms with E-state index in [0.717, 1.165) is 23.6 Å². The van der Waals surface area contributed by atoms with Crippen molar-refractivity contribution in [1.82, 2.24) is 15.2 Å². The van der Waals surface area contributed by atoms with Crippen molar-refractivity contribution in [3.8, 4) is 0 Å². The fourth-order valence-electron chi connectivity index (χ4n) is 5.28. The van der Waals surface area contributed by atoms with Gasteiger partial charge < -0.3 is 11.5 Å². The molecule has 0 amide bonds. The van der Waals surface area contributed by atoms with Gasteiger partial charge >= 0.3 is 0 Å². The Morgan fingerprint density at radius 3 is 2.11 bits per heavy atom. The number of anilines is 1. The van der Waals surface area contributed by atoms with Gasteiger partial charge in [0, 0.05) is 0 Å². The van der Waals surface area contributed by atoms with Crippen molar-refractivity contribution in [3.05, 3.63) is 5.82 Å². The lowest BCUT2D eigenvalue weighted by atomic mass is 9.47. The van der Waals surface area contributed by atoms with E-state index in [-0.39, 0.29) is 11.5 Å². The maximum atomic E-state index is 6.52. The van der Waals surface area contributed by atoms with E-state index < -0.39 is 0 Å². The molecule has 1 aromatic heterocycles. The first kappa shape index (κ1) is 10.8. The molecule has 0 aliphatic heterocycles. The largest absolute Gasteiger partial charge is 0.367 e. The van der Waals surface area contributed by atoms with Crippen LogP contribution in [0.25, 0.3) is 0 Å². The Hall–Kier alpha value is -1.10. The van der Waals surface area contributed by atoms with Crippen molar-refractivity contribution in [3.63, 3.8) is 0 Å². The molecule has 0 spiro atoms. The second-order valence-electron chi connectivity index (χ2n) is 6.84. The van der Waals surface area contributed by atoms with E-state index in [2.05, 4.69) is 15.2 Å². The second-order valence-corrected chi connectivity index (χ2v) is 6.84. The molecule has 1 atom stereocenters. The SMILES string of the molecule is Nc1n[nH]c(C(N)C23CC4CC(CC(C4)C2)C3)n1. The zero-order valence-corrected chi connectivity index (χ0v) is 10.6. The number of aromatic nitrogens is 3. The zero-order valence-electron chi connectivity index (χ0n) is 10.6. The van der Waals surface area contributed by atoms with E-state index in [1.54, 1.807) is 0 Å². The van der Waals surface area contributed by atoms with Gasteiger partial charge in [-0.2, -0.15) is 4.98 Å². The normalized spacial score (nSPS) is 43.3. The van der Waals surface area contributed by atoms with Gasteiger partial charge in [-0.3, -0.25) is 5.10 Å². The molecule has 4 aliphatic rings. The maximum absolute atomic E-state index is 6.52. The molecule has 5 rings (SSSR count). The van der Waals surface area contributed by atoms with Crippen molar-refractivity contribution in [2.24, 2.45) is 28.9 Å². The molecule has 5 heteroatoms. The summed E-state index contributed by atoms with van der Waals surface area (Å²) in [5.74, 6) is 3.81. The Bertz CT molecular complexity index is 430. The van der Waals surface area contributed by atoms with Gasteiger partial charge in [-0.1, -0.05) is 0 Å². The first-order valence-corrected chi connectivity index (χ1v) is 7.08. The molecule has 98 valence electrons. The van der Waals surface area contributed by atoms with Gasteiger partial charge in [-0.15, -0.1) is 5.10 Å². The third-order valence-corrected chi connectivity index (χ3v) is 5.56. The summed E-state index contributed by atoms with van der Waals surface area (Å²) in [4.78, 5) is 4.25. The van der Waals surface area contributed by atoms with Gasteiger partial charge in [0.05, 0.1) is 6.04 Å². The molecule has 4 bridgehead atoms. The number of rotatable bonds is 2. The summed E-state index contributed by atoms with van der Waals surface area (Å²) in [6.45, 7) is 0. The number of hydrogen-bond acceptors (Lipinski definition) is 4. The van der Waals surface area contributed by atoms with Crippen LogP contribution in [0.15, 0.2) is 0 Å². The van der Waals surface area contributed by atoms with Gasteiger partial charge in [0.15, 0.2) is 0 Å². The lowest BCUT2D eigenvalue weighted by Gasteiger charge is -2.58. The fourth-order valence-corrected chi connectivity index (χ4v) is 5.28. The molecule has 4 aliphatic carbocycles. The van der Waals surface area contributed by atoms with E-state index in [1.807, 2.05) is 0 Å². The molecule has 5 N–H and O–H groups in total. The Labute approximate surface area is 107 Å². The second kappa shape index (κ2) is 3.47. The number of nitrogen functional groups attached to an aromatic ring is 1. The highest BCUT2D eigenvalue weighted by atomic mass is 15.3. The molecule has 5 nitrogen and oxygen atoms in total. The van der Waals surface area contributed by atoms with E-state index in [0.29, 0.717) is 5.95 Å². The summed E-state index contributed by atoms with van der Waals surface area (Å²) >= 11 is 0. The molecule has 4 saturated carbocycles. The average Bonchev–Trinajstić information content (AvgIpc) is 2.73. The monoisotopic (exact) mass is 247 g/mol. The topological polar surface area (TPSA) is 93.6 Å². The Morgan fingerprint density at radius 1 is 1.11 bits per heavy atom. The predicted octanol–water partition coefficient (Wildman–Crippen LogP) is 1.60. The molecule has 4 fully saturated rings. The van der Waals surface area contributed by atoms with Crippen LogP contribution in [-0.4, -0.2) is 15.2 Å². The first-order valence-electron chi connectivity index (χ1n) is 7.08. The third-order valence-electron chi connectivity index (χ3n) is 5.56. The van der Waals surface area contributed by atoms with Crippen LogP contribution in [-0.2, 0) is 0 Å². The van der Waals surface area contributed by atoms with E-state index >= 15 is 0 Å². The fraction of sp³-hybridized carbons (Fsp3) is 0.846. The van der Waals surface area contributed by atoms with E-state index in [9.17, 15) is 0 Å². The molecular formula is C13H21N5. The quantitative estimate of drug-likeness (QED) is 0.740. The van der Waals surface area contributed by atoms with Gasteiger partial charge in [0.25, 0.3) is 0 Å². The molecule has 1 heterocycles. The molecule has 1 unspecified atom stereocenters. The van der Waals surface area contributed by atoms with Crippen LogP contribution in [0.2, 0.25) is 0 Å². The molecule has 18 heavy (non-hydrogen) atoms. The zero-order chi connectivity index (χ0) is 12.3. The van der Waals surface area contributed by atoms with E-state index in [4.69, 9.17) is 11.5 Å². The highest BCUT2D eigenvalue weighted by Crippen LogP contribution is 2.63. The van der Waals surface area contributed by atoms with Crippen molar-refractivity contribution < 1.29 is 0 Å². The summed E-state index contributed by atoms with van der Waals surface area (Å²) in [5.41, 5.74) is 12.4. The van der Waals surface area contributed by atoms with Crippen LogP contribution in [0.3, 0.4) is 0 Å². The minimum atomic E-state index is -0.0179. The maximum Gasteiger partial charge on any atom is 0.239 e. The minimum Gasteiger partial charge on any atom is -0.367 e. The molecule has 1 aromatic rings. The number of hydrogen-bond donors (Lipinski definition) is 3. The number of nitrogens with two attached hydrogens (primary N) is 2. The summed E-state index contributed by atoms with van der Waals surface area (Å²) in [5, 5.41) is 6.85. The van der Waals surface area contributed by atoms with Crippen molar-refractivity contribution in [2.75, 3.05) is 5.73 Å². The van der Waals surface area contributed by atoms with Gasteiger partial charge in [-0.05, 0) is 61.7 Å². The smallest absolute Gasteiger partial charge is 0.239 e. The van der Waals surface area contributed by atoms with Gasteiger partial charge in [-0.25, -0.2) is 0 Å². The molecule has 0 saturated heterocycles. The lowest BCUT2D eigenvalue weighted by molar-refractivity contribution is -0.0691. The predicted molar refractivity (Wildman–Crippen MR) is 68.3 cm³/mol. The Balaban J connectivity index is 1.67. The summed E-state index contributed by atoms with van der Waals surface area (Å²) in [6.07, 6.45) is 8.14. The highest BCUT2D eigenvalue weighted by molar-refractivity contribution is 5.17. The molecule has 0 radical (unpaired) electrons. The standard InChI is InChI=1S/C13H21N5/c14-10(11-16-12(15)18-17-11)13-4-7-1-8(5-13)3-9(2-7)6-13/h7-10H,1-6,14H2,(H3,15,16,17,18). The van der Waals surface area contributed by atoms with Crippen LogP contribution >= 0.6 is 0 Å². The Morgan fingerprint density at radius 2 is 1.67 bits per heavy atom. The molecule has 0 aromatic carbocycles. The Kier molecular flexibility index (Phi) is 2.08. The number of aromatic amines is 1. The number of nitrogens with zero attached hydrogens (tertiary/aromatic N) is 2. The highest BCUT2D eigenvalue weighted by Gasteiger charge is 2.54. The number of H-pyrrole nitrogens is 1. The van der Waals surface area contributed by atoms with Crippen LogP contribution in [0, 0.1) is 23.2 Å². The van der Waals surface area contributed by atoms with Gasteiger partial charge in [0.1, 0.15) is 5.82 Å². The van der Waals surface area contributed by atoms with Crippen LogP contribution in [0.4, 0.5) is 5.95 Å². The van der Waals surface area contributed by atoms with Crippen molar-refractivity contribution in [2.45, 2.75) is 44.6 Å². The minimum absolute atomic E-state index is 0.0179. The first-order chi connectivity index (χ1) is 8.64. The van der Waals surface area contributed by atoms with E-state index in [1.165, 1.54) is 38.5 Å². The molecular weight excluding hydrogens is 226 g/mol.